The van der Waals surface area contributed by atoms with Gasteiger partial charge in [-0.1, -0.05) is 12.1 Å². The van der Waals surface area contributed by atoms with E-state index in [2.05, 4.69) is 10.6 Å². The molecule has 4 heteroatoms. The molecule has 0 spiro atoms. The predicted molar refractivity (Wildman–Crippen MR) is 71.4 cm³/mol. The van der Waals surface area contributed by atoms with Crippen LogP contribution in [0.15, 0.2) is 24.3 Å². The molecule has 2 rings (SSSR count). The lowest BCUT2D eigenvalue weighted by Gasteiger charge is -2.31. The van der Waals surface area contributed by atoms with Crippen molar-refractivity contribution in [3.63, 3.8) is 0 Å². The number of aliphatic hydroxyl groups excluding tert-OH is 1. The van der Waals surface area contributed by atoms with Crippen LogP contribution in [-0.4, -0.2) is 30.2 Å². The third-order valence-corrected chi connectivity index (χ3v) is 3.23. The molecule has 3 N–H and O–H groups in total. The summed E-state index contributed by atoms with van der Waals surface area (Å²) in [5.74, 6) is 0.493. The zero-order chi connectivity index (χ0) is 13.0. The van der Waals surface area contributed by atoms with Crippen molar-refractivity contribution < 1.29 is 9.90 Å². The Morgan fingerprint density at radius 3 is 2.89 bits per heavy atom. The Kier molecular flexibility index (Phi) is 4.33. The predicted octanol–water partition coefficient (Wildman–Crippen LogP) is 1.29. The molecule has 0 aliphatic heterocycles. The number of amides is 1. The molecule has 0 atom stereocenters. The van der Waals surface area contributed by atoms with Crippen LogP contribution in [0, 0.1) is 12.8 Å². The van der Waals surface area contributed by atoms with Crippen LogP contribution >= 0.6 is 0 Å². The van der Waals surface area contributed by atoms with Gasteiger partial charge in [0.25, 0.3) is 0 Å². The summed E-state index contributed by atoms with van der Waals surface area (Å²) in [4.78, 5) is 11.7. The molecule has 18 heavy (non-hydrogen) atoms. The Labute approximate surface area is 107 Å². The van der Waals surface area contributed by atoms with E-state index >= 15 is 0 Å². The largest absolute Gasteiger partial charge is 0.393 e. The summed E-state index contributed by atoms with van der Waals surface area (Å²) in [7, 11) is 0. The van der Waals surface area contributed by atoms with Crippen LogP contribution in [0.2, 0.25) is 0 Å². The van der Waals surface area contributed by atoms with Crippen molar-refractivity contribution in [1.82, 2.24) is 5.32 Å². The molecule has 0 radical (unpaired) electrons. The van der Waals surface area contributed by atoms with Gasteiger partial charge >= 0.3 is 0 Å². The first-order valence-corrected chi connectivity index (χ1v) is 6.39. The second-order valence-corrected chi connectivity index (χ2v) is 5.04. The SMILES string of the molecule is Cc1cccc(NC(=O)CNCC2CC(O)C2)c1. The Bertz CT molecular complexity index is 414. The number of anilines is 1. The minimum Gasteiger partial charge on any atom is -0.393 e. The molecule has 0 bridgehead atoms. The molecule has 1 aliphatic rings. The van der Waals surface area contributed by atoms with Crippen LogP contribution < -0.4 is 10.6 Å². The quantitative estimate of drug-likeness (QED) is 0.736. The number of carbonyl (C=O) groups is 1. The molecule has 1 aliphatic carbocycles. The molecule has 0 unspecified atom stereocenters. The number of benzene rings is 1. The van der Waals surface area contributed by atoms with Gasteiger partial charge in [0.05, 0.1) is 12.6 Å². The number of carbonyl (C=O) groups excluding carboxylic acids is 1. The molecule has 1 fully saturated rings. The van der Waals surface area contributed by atoms with Crippen LogP contribution in [0.25, 0.3) is 0 Å². The van der Waals surface area contributed by atoms with Gasteiger partial charge in [0.2, 0.25) is 5.91 Å². The van der Waals surface area contributed by atoms with Crippen LogP contribution in [0.5, 0.6) is 0 Å². The van der Waals surface area contributed by atoms with Gasteiger partial charge in [-0.2, -0.15) is 0 Å². The lowest BCUT2D eigenvalue weighted by Crippen LogP contribution is -2.38. The summed E-state index contributed by atoms with van der Waals surface area (Å²) in [5.41, 5.74) is 1.96. The van der Waals surface area contributed by atoms with E-state index in [4.69, 9.17) is 5.11 Å². The van der Waals surface area contributed by atoms with Gasteiger partial charge in [0.1, 0.15) is 0 Å². The molecular weight excluding hydrogens is 228 g/mol. The molecule has 0 aromatic heterocycles. The standard InChI is InChI=1S/C14H20N2O2/c1-10-3-2-4-12(5-10)16-14(18)9-15-8-11-6-13(17)7-11/h2-5,11,13,15,17H,6-9H2,1H3,(H,16,18). The summed E-state index contributed by atoms with van der Waals surface area (Å²) in [6.07, 6.45) is 1.58. The molecule has 1 saturated carbocycles. The van der Waals surface area contributed by atoms with Crippen molar-refractivity contribution in [3.8, 4) is 0 Å². The first-order chi connectivity index (χ1) is 8.63. The third-order valence-electron chi connectivity index (χ3n) is 3.23. The summed E-state index contributed by atoms with van der Waals surface area (Å²) in [5, 5.41) is 15.1. The van der Waals surface area contributed by atoms with Crippen molar-refractivity contribution >= 4 is 11.6 Å². The highest BCUT2D eigenvalue weighted by atomic mass is 16.3. The molecule has 1 aromatic rings. The molecule has 1 amide bonds. The molecule has 0 heterocycles. The van der Waals surface area contributed by atoms with E-state index in [-0.39, 0.29) is 12.0 Å². The molecule has 98 valence electrons. The second kappa shape index (κ2) is 5.98. The average Bonchev–Trinajstić information content (AvgIpc) is 2.26. The van der Waals surface area contributed by atoms with E-state index in [0.717, 1.165) is 30.6 Å². The maximum absolute atomic E-state index is 11.7. The molecule has 0 saturated heterocycles. The number of aliphatic hydroxyl groups is 1. The van der Waals surface area contributed by atoms with Crippen molar-refractivity contribution in [2.45, 2.75) is 25.9 Å². The van der Waals surface area contributed by atoms with Crippen LogP contribution in [0.4, 0.5) is 5.69 Å². The molecule has 1 aromatic carbocycles. The van der Waals surface area contributed by atoms with E-state index in [1.165, 1.54) is 0 Å². The van der Waals surface area contributed by atoms with E-state index in [1.54, 1.807) is 0 Å². The summed E-state index contributed by atoms with van der Waals surface area (Å²) in [6.45, 7) is 3.12. The van der Waals surface area contributed by atoms with Gasteiger partial charge < -0.3 is 15.7 Å². The summed E-state index contributed by atoms with van der Waals surface area (Å²) in [6, 6.07) is 7.75. The number of nitrogens with one attached hydrogen (secondary N) is 2. The highest BCUT2D eigenvalue weighted by Crippen LogP contribution is 2.25. The van der Waals surface area contributed by atoms with Crippen molar-refractivity contribution in [2.24, 2.45) is 5.92 Å². The van der Waals surface area contributed by atoms with Crippen molar-refractivity contribution in [3.05, 3.63) is 29.8 Å². The Morgan fingerprint density at radius 2 is 2.22 bits per heavy atom. The van der Waals surface area contributed by atoms with E-state index in [9.17, 15) is 4.79 Å². The maximum atomic E-state index is 11.7. The Morgan fingerprint density at radius 1 is 1.44 bits per heavy atom. The first-order valence-electron chi connectivity index (χ1n) is 6.39. The molecule has 4 nitrogen and oxygen atoms in total. The summed E-state index contributed by atoms with van der Waals surface area (Å²) >= 11 is 0. The smallest absolute Gasteiger partial charge is 0.238 e. The van der Waals surface area contributed by atoms with Gasteiger partial charge in [0.15, 0.2) is 0 Å². The number of hydrogen-bond donors (Lipinski definition) is 3. The van der Waals surface area contributed by atoms with Crippen LogP contribution in [0.3, 0.4) is 0 Å². The zero-order valence-electron chi connectivity index (χ0n) is 10.6. The number of rotatable bonds is 5. The highest BCUT2D eigenvalue weighted by molar-refractivity contribution is 5.92. The van der Waals surface area contributed by atoms with E-state index in [1.807, 2.05) is 31.2 Å². The Hall–Kier alpha value is -1.39. The zero-order valence-corrected chi connectivity index (χ0v) is 10.6. The lowest BCUT2D eigenvalue weighted by molar-refractivity contribution is -0.115. The van der Waals surface area contributed by atoms with Crippen LogP contribution in [0.1, 0.15) is 18.4 Å². The van der Waals surface area contributed by atoms with Crippen molar-refractivity contribution in [2.75, 3.05) is 18.4 Å². The van der Waals surface area contributed by atoms with Gasteiger partial charge in [-0.25, -0.2) is 0 Å². The first kappa shape index (κ1) is 13.1. The monoisotopic (exact) mass is 248 g/mol. The minimum atomic E-state index is -0.127. The molecular formula is C14H20N2O2. The van der Waals surface area contributed by atoms with Crippen molar-refractivity contribution in [1.29, 1.82) is 0 Å². The fourth-order valence-electron chi connectivity index (χ4n) is 2.19. The second-order valence-electron chi connectivity index (χ2n) is 5.04. The average molecular weight is 248 g/mol. The van der Waals surface area contributed by atoms with Gasteiger partial charge in [-0.05, 0) is 49.9 Å². The minimum absolute atomic E-state index is 0.0273. The summed E-state index contributed by atoms with van der Waals surface area (Å²) < 4.78 is 0. The van der Waals surface area contributed by atoms with E-state index in [0.29, 0.717) is 12.5 Å². The van der Waals surface area contributed by atoms with Gasteiger partial charge in [0, 0.05) is 5.69 Å². The number of aryl methyl sites for hydroxylation is 1. The van der Waals surface area contributed by atoms with E-state index < -0.39 is 0 Å². The highest BCUT2D eigenvalue weighted by Gasteiger charge is 2.26. The normalized spacial score (nSPS) is 22.3. The van der Waals surface area contributed by atoms with Crippen LogP contribution in [-0.2, 0) is 4.79 Å². The lowest BCUT2D eigenvalue weighted by atomic mass is 9.82. The third kappa shape index (κ3) is 3.82. The number of hydrogen-bond acceptors (Lipinski definition) is 3. The topological polar surface area (TPSA) is 61.4 Å². The fraction of sp³-hybridized carbons (Fsp3) is 0.500. The Balaban J connectivity index is 1.66. The maximum Gasteiger partial charge on any atom is 0.238 e. The van der Waals surface area contributed by atoms with Gasteiger partial charge in [-0.3, -0.25) is 4.79 Å². The fourth-order valence-corrected chi connectivity index (χ4v) is 2.19. The van der Waals surface area contributed by atoms with Gasteiger partial charge in [-0.15, -0.1) is 0 Å².